The molecule has 0 bridgehead atoms. The predicted molar refractivity (Wildman–Crippen MR) is 94.9 cm³/mol. The molecule has 0 saturated carbocycles. The first-order chi connectivity index (χ1) is 11.2. The van der Waals surface area contributed by atoms with Crippen molar-refractivity contribution in [1.29, 1.82) is 5.26 Å². The second-order valence-electron chi connectivity index (χ2n) is 5.15. The Morgan fingerprint density at radius 1 is 1.30 bits per heavy atom. The fraction of sp³-hybridized carbons (Fsp3) is 0.167. The third kappa shape index (κ3) is 3.61. The number of hydrogen-bond acceptors (Lipinski definition) is 5. The summed E-state index contributed by atoms with van der Waals surface area (Å²) in [6.07, 6.45) is 0. The van der Waals surface area contributed by atoms with E-state index in [1.54, 1.807) is 0 Å². The van der Waals surface area contributed by atoms with Crippen molar-refractivity contribution in [3.8, 4) is 6.07 Å². The highest BCUT2D eigenvalue weighted by Gasteiger charge is 2.23. The molecular formula is C18H14N2OS2. The van der Waals surface area contributed by atoms with Crippen LogP contribution < -0.4 is 0 Å². The number of Topliss-reactive ketones (excluding diaryl/α,β-unsaturated/α-hetero) is 1. The Balaban J connectivity index is 1.71. The van der Waals surface area contributed by atoms with Crippen LogP contribution >= 0.6 is 23.1 Å². The van der Waals surface area contributed by atoms with E-state index in [1.165, 1.54) is 28.5 Å². The number of aryl methyl sites for hydroxylation is 1. The molecule has 0 fully saturated rings. The van der Waals surface area contributed by atoms with Gasteiger partial charge in [-0.3, -0.25) is 4.79 Å². The predicted octanol–water partition coefficient (Wildman–Crippen LogP) is 4.57. The van der Waals surface area contributed by atoms with Crippen LogP contribution in [0, 0.1) is 18.3 Å². The van der Waals surface area contributed by atoms with Crippen LogP contribution in [0.4, 0.5) is 0 Å². The summed E-state index contributed by atoms with van der Waals surface area (Å²) in [4.78, 5) is 17.6. The van der Waals surface area contributed by atoms with Gasteiger partial charge in [0.2, 0.25) is 0 Å². The number of benzene rings is 2. The van der Waals surface area contributed by atoms with Crippen molar-refractivity contribution >= 4 is 39.7 Å². The lowest BCUT2D eigenvalue weighted by molar-refractivity contribution is -0.116. The molecule has 3 nitrogen and oxygen atoms in total. The number of aromatic nitrogens is 1. The van der Waals surface area contributed by atoms with Crippen molar-refractivity contribution < 1.29 is 4.79 Å². The number of hydrogen-bond donors (Lipinski definition) is 0. The van der Waals surface area contributed by atoms with Crippen LogP contribution in [0.25, 0.3) is 10.8 Å². The Labute approximate surface area is 143 Å². The van der Waals surface area contributed by atoms with E-state index in [2.05, 4.69) is 29.3 Å². The van der Waals surface area contributed by atoms with Crippen LogP contribution in [0.3, 0.4) is 0 Å². The number of carbonyl (C=O) groups is 1. The lowest BCUT2D eigenvalue weighted by Gasteiger charge is -2.06. The summed E-state index contributed by atoms with van der Waals surface area (Å²) in [5, 5.41) is 14.1. The number of fused-ring (bicyclic) bond motifs is 1. The Morgan fingerprint density at radius 3 is 2.78 bits per heavy atom. The van der Waals surface area contributed by atoms with Gasteiger partial charge in [-0.1, -0.05) is 30.3 Å². The first-order valence-electron chi connectivity index (χ1n) is 7.13. The second-order valence-corrected chi connectivity index (χ2v) is 7.09. The van der Waals surface area contributed by atoms with Gasteiger partial charge in [0.15, 0.2) is 11.7 Å². The molecule has 0 aliphatic carbocycles. The number of nitriles is 1. The van der Waals surface area contributed by atoms with E-state index in [-0.39, 0.29) is 11.5 Å². The minimum absolute atomic E-state index is 0.0972. The van der Waals surface area contributed by atoms with Gasteiger partial charge < -0.3 is 0 Å². The van der Waals surface area contributed by atoms with Crippen LogP contribution in [-0.2, 0) is 4.79 Å². The molecule has 0 aliphatic rings. The quantitative estimate of drug-likeness (QED) is 0.639. The lowest BCUT2D eigenvalue weighted by Crippen LogP contribution is -2.13. The number of thiazole rings is 1. The summed E-state index contributed by atoms with van der Waals surface area (Å²) in [6.45, 7) is 1.86. The maximum absolute atomic E-state index is 12.3. The Morgan fingerprint density at radius 2 is 2.09 bits per heavy atom. The van der Waals surface area contributed by atoms with Crippen molar-refractivity contribution in [2.24, 2.45) is 0 Å². The molecule has 1 atom stereocenters. The molecule has 3 aromatic rings. The zero-order valence-electron chi connectivity index (χ0n) is 12.5. The molecule has 0 spiro atoms. The van der Waals surface area contributed by atoms with Crippen LogP contribution in [0.15, 0.2) is 52.7 Å². The molecule has 5 heteroatoms. The zero-order chi connectivity index (χ0) is 16.2. The van der Waals surface area contributed by atoms with E-state index in [0.29, 0.717) is 5.01 Å². The maximum atomic E-state index is 12.3. The lowest BCUT2D eigenvalue weighted by atomic mass is 10.1. The average Bonchev–Trinajstić information content (AvgIpc) is 2.99. The van der Waals surface area contributed by atoms with Crippen molar-refractivity contribution in [2.75, 3.05) is 5.75 Å². The van der Waals surface area contributed by atoms with E-state index in [4.69, 9.17) is 0 Å². The molecule has 114 valence electrons. The SMILES string of the molecule is Cc1csc([C@H](C#N)C(=O)CSc2ccc3ccccc3c2)n1. The molecule has 1 aromatic heterocycles. The van der Waals surface area contributed by atoms with Gasteiger partial charge in [-0.15, -0.1) is 23.1 Å². The topological polar surface area (TPSA) is 53.8 Å². The van der Waals surface area contributed by atoms with Gasteiger partial charge in [0.05, 0.1) is 11.8 Å². The molecule has 2 aromatic carbocycles. The van der Waals surface area contributed by atoms with Crippen molar-refractivity contribution in [2.45, 2.75) is 17.7 Å². The summed E-state index contributed by atoms with van der Waals surface area (Å²) < 4.78 is 0. The van der Waals surface area contributed by atoms with Gasteiger partial charge in [0.25, 0.3) is 0 Å². The fourth-order valence-electron chi connectivity index (χ4n) is 2.26. The molecular weight excluding hydrogens is 324 g/mol. The highest BCUT2D eigenvalue weighted by atomic mass is 32.2. The minimum atomic E-state index is -0.762. The van der Waals surface area contributed by atoms with E-state index in [0.717, 1.165) is 16.0 Å². The Kier molecular flexibility index (Phi) is 4.75. The van der Waals surface area contributed by atoms with Gasteiger partial charge in [0.1, 0.15) is 5.01 Å². The Hall–Kier alpha value is -2.16. The summed E-state index contributed by atoms with van der Waals surface area (Å²) in [5.41, 5.74) is 0.847. The monoisotopic (exact) mass is 338 g/mol. The van der Waals surface area contributed by atoms with Crippen LogP contribution in [0.2, 0.25) is 0 Å². The number of nitrogens with zero attached hydrogens (tertiary/aromatic N) is 2. The normalized spacial score (nSPS) is 12.0. The number of ketones is 1. The van der Waals surface area contributed by atoms with Gasteiger partial charge in [-0.05, 0) is 29.8 Å². The zero-order valence-corrected chi connectivity index (χ0v) is 14.2. The largest absolute Gasteiger partial charge is 0.297 e. The van der Waals surface area contributed by atoms with Crippen LogP contribution in [0.5, 0.6) is 0 Å². The average molecular weight is 338 g/mol. The summed E-state index contributed by atoms with van der Waals surface area (Å²) in [5.74, 6) is -0.587. The maximum Gasteiger partial charge on any atom is 0.167 e. The molecule has 0 unspecified atom stereocenters. The summed E-state index contributed by atoms with van der Waals surface area (Å²) in [7, 11) is 0. The first-order valence-corrected chi connectivity index (χ1v) is 9.00. The van der Waals surface area contributed by atoms with Gasteiger partial charge in [-0.2, -0.15) is 5.26 Å². The smallest absolute Gasteiger partial charge is 0.167 e. The number of carbonyl (C=O) groups excluding carboxylic acids is 1. The van der Waals surface area contributed by atoms with E-state index in [1.807, 2.05) is 36.6 Å². The number of rotatable bonds is 5. The van der Waals surface area contributed by atoms with Crippen molar-refractivity contribution in [1.82, 2.24) is 4.98 Å². The van der Waals surface area contributed by atoms with E-state index < -0.39 is 5.92 Å². The standard InChI is InChI=1S/C18H14N2OS2/c1-12-10-23-18(20-12)16(9-19)17(21)11-22-15-7-6-13-4-2-3-5-14(13)8-15/h2-8,10,16H,11H2,1H3/t16-/m1/s1. The highest BCUT2D eigenvalue weighted by molar-refractivity contribution is 8.00. The third-order valence-corrected chi connectivity index (χ3v) is 5.48. The molecule has 0 amide bonds. The summed E-state index contributed by atoms with van der Waals surface area (Å²) in [6, 6.07) is 16.3. The van der Waals surface area contributed by atoms with Crippen molar-refractivity contribution in [3.63, 3.8) is 0 Å². The van der Waals surface area contributed by atoms with Crippen molar-refractivity contribution in [3.05, 3.63) is 58.5 Å². The fourth-order valence-corrected chi connectivity index (χ4v) is 3.98. The molecule has 3 rings (SSSR count). The Bertz CT molecular complexity index is 895. The molecule has 0 radical (unpaired) electrons. The first kappa shape index (κ1) is 15.7. The molecule has 23 heavy (non-hydrogen) atoms. The van der Waals surface area contributed by atoms with Crippen LogP contribution in [-0.4, -0.2) is 16.5 Å². The van der Waals surface area contributed by atoms with E-state index in [9.17, 15) is 10.1 Å². The van der Waals surface area contributed by atoms with Crippen LogP contribution in [0.1, 0.15) is 16.6 Å². The highest BCUT2D eigenvalue weighted by Crippen LogP contribution is 2.27. The second kappa shape index (κ2) is 6.95. The molecule has 0 saturated heterocycles. The van der Waals surface area contributed by atoms with Gasteiger partial charge >= 0.3 is 0 Å². The van der Waals surface area contributed by atoms with E-state index >= 15 is 0 Å². The van der Waals surface area contributed by atoms with Gasteiger partial charge in [0, 0.05) is 16.0 Å². The third-order valence-electron chi connectivity index (χ3n) is 3.44. The summed E-state index contributed by atoms with van der Waals surface area (Å²) >= 11 is 2.84. The number of thioether (sulfide) groups is 1. The molecule has 1 heterocycles. The molecule has 0 N–H and O–H groups in total. The minimum Gasteiger partial charge on any atom is -0.297 e. The molecule has 0 aliphatic heterocycles. The van der Waals surface area contributed by atoms with Gasteiger partial charge in [-0.25, -0.2) is 4.98 Å².